The third-order valence-corrected chi connectivity index (χ3v) is 1.89. The Bertz CT molecular complexity index is 392. The van der Waals surface area contributed by atoms with Crippen molar-refractivity contribution in [1.82, 2.24) is 0 Å². The summed E-state index contributed by atoms with van der Waals surface area (Å²) >= 11 is 4.68. The molecule has 0 saturated carbocycles. The molecule has 0 atom stereocenters. The number of nitrogens with zero attached hydrogens (tertiary/aromatic N) is 1. The first-order valence-electron chi connectivity index (χ1n) is 3.68. The highest BCUT2D eigenvalue weighted by atomic mass is 32.1. The Balaban J connectivity index is 3.31. The van der Waals surface area contributed by atoms with Crippen LogP contribution in [0, 0.1) is 10.1 Å². The monoisotopic (exact) mass is 212 g/mol. The molecule has 0 radical (unpaired) electrons. The number of hydrogen-bond donors (Lipinski definition) is 1. The zero-order valence-corrected chi connectivity index (χ0v) is 8.21. The molecular formula is C8H8N2O3S. The number of ether oxygens (including phenoxy) is 1. The first kappa shape index (κ1) is 10.4. The lowest BCUT2D eigenvalue weighted by molar-refractivity contribution is -0.385. The summed E-state index contributed by atoms with van der Waals surface area (Å²) in [5.41, 5.74) is 5.43. The lowest BCUT2D eigenvalue weighted by Crippen LogP contribution is -2.11. The molecule has 0 aliphatic heterocycles. The van der Waals surface area contributed by atoms with Gasteiger partial charge in [0.05, 0.1) is 23.7 Å². The van der Waals surface area contributed by atoms with Gasteiger partial charge in [-0.15, -0.1) is 0 Å². The van der Waals surface area contributed by atoms with Gasteiger partial charge >= 0.3 is 0 Å². The van der Waals surface area contributed by atoms with Crippen molar-refractivity contribution < 1.29 is 9.66 Å². The molecular weight excluding hydrogens is 204 g/mol. The number of benzene rings is 1. The summed E-state index contributed by atoms with van der Waals surface area (Å²) < 4.78 is 4.85. The summed E-state index contributed by atoms with van der Waals surface area (Å²) in [6.07, 6.45) is 0. The van der Waals surface area contributed by atoms with Crippen LogP contribution in [0.1, 0.15) is 5.56 Å². The van der Waals surface area contributed by atoms with Crippen LogP contribution in [0.3, 0.4) is 0 Å². The molecule has 1 rings (SSSR count). The van der Waals surface area contributed by atoms with Crippen LogP contribution in [0.25, 0.3) is 0 Å². The predicted molar refractivity (Wildman–Crippen MR) is 55.5 cm³/mol. The number of nitro benzene ring substituents is 1. The van der Waals surface area contributed by atoms with Crippen LogP contribution in [0.4, 0.5) is 5.69 Å². The molecule has 0 bridgehead atoms. The molecule has 1 aromatic carbocycles. The molecule has 0 unspecified atom stereocenters. The molecule has 0 saturated heterocycles. The van der Waals surface area contributed by atoms with Crippen molar-refractivity contribution in [3.8, 4) is 5.75 Å². The Hall–Kier alpha value is -1.69. The van der Waals surface area contributed by atoms with Gasteiger partial charge < -0.3 is 10.5 Å². The van der Waals surface area contributed by atoms with Crippen molar-refractivity contribution in [2.75, 3.05) is 7.11 Å². The van der Waals surface area contributed by atoms with E-state index in [4.69, 9.17) is 10.5 Å². The highest BCUT2D eigenvalue weighted by molar-refractivity contribution is 7.80. The normalized spacial score (nSPS) is 9.50. The molecule has 5 nitrogen and oxygen atoms in total. The van der Waals surface area contributed by atoms with E-state index in [0.29, 0.717) is 5.75 Å². The van der Waals surface area contributed by atoms with E-state index < -0.39 is 4.92 Å². The SMILES string of the molecule is COc1ccc(C(N)=S)c([N+](=O)[O-])c1. The topological polar surface area (TPSA) is 78.4 Å². The number of methoxy groups -OCH3 is 1. The molecule has 0 aliphatic carbocycles. The number of thiocarbonyl (C=S) groups is 1. The standard InChI is InChI=1S/C8H8N2O3S/c1-13-5-2-3-6(8(9)14)7(4-5)10(11)12/h2-4H,1H3,(H2,9,14). The Morgan fingerprint density at radius 1 is 1.64 bits per heavy atom. The Kier molecular flexibility index (Phi) is 2.98. The first-order valence-corrected chi connectivity index (χ1v) is 4.09. The van der Waals surface area contributed by atoms with E-state index in [1.54, 1.807) is 6.07 Å². The quantitative estimate of drug-likeness (QED) is 0.463. The van der Waals surface area contributed by atoms with Gasteiger partial charge in [0.15, 0.2) is 0 Å². The molecule has 1 aromatic rings. The van der Waals surface area contributed by atoms with Gasteiger partial charge in [-0.2, -0.15) is 0 Å². The van der Waals surface area contributed by atoms with Gasteiger partial charge in [-0.3, -0.25) is 10.1 Å². The number of rotatable bonds is 3. The van der Waals surface area contributed by atoms with Crippen LogP contribution in [0.15, 0.2) is 18.2 Å². The van der Waals surface area contributed by atoms with Crippen LogP contribution in [-0.2, 0) is 0 Å². The smallest absolute Gasteiger partial charge is 0.283 e. The molecule has 2 N–H and O–H groups in total. The van der Waals surface area contributed by atoms with Crippen LogP contribution < -0.4 is 10.5 Å². The van der Waals surface area contributed by atoms with Crippen molar-refractivity contribution in [2.24, 2.45) is 5.73 Å². The average Bonchev–Trinajstić information content (AvgIpc) is 2.16. The molecule has 74 valence electrons. The van der Waals surface area contributed by atoms with Crippen molar-refractivity contribution in [2.45, 2.75) is 0 Å². The van der Waals surface area contributed by atoms with Crippen molar-refractivity contribution in [1.29, 1.82) is 0 Å². The summed E-state index contributed by atoms with van der Waals surface area (Å²) in [4.78, 5) is 10.1. The van der Waals surface area contributed by atoms with Crippen LogP contribution >= 0.6 is 12.2 Å². The third-order valence-electron chi connectivity index (χ3n) is 1.67. The van der Waals surface area contributed by atoms with Gasteiger partial charge in [0.25, 0.3) is 5.69 Å². The lowest BCUT2D eigenvalue weighted by Gasteiger charge is -2.03. The van der Waals surface area contributed by atoms with Gasteiger partial charge in [-0.1, -0.05) is 12.2 Å². The van der Waals surface area contributed by atoms with E-state index in [0.717, 1.165) is 0 Å². The zero-order chi connectivity index (χ0) is 10.7. The molecule has 6 heteroatoms. The minimum atomic E-state index is -0.545. The Morgan fingerprint density at radius 2 is 2.29 bits per heavy atom. The highest BCUT2D eigenvalue weighted by Crippen LogP contribution is 2.24. The maximum Gasteiger partial charge on any atom is 0.283 e. The third kappa shape index (κ3) is 1.97. The van der Waals surface area contributed by atoms with Crippen molar-refractivity contribution in [3.63, 3.8) is 0 Å². The van der Waals surface area contributed by atoms with Crippen molar-refractivity contribution in [3.05, 3.63) is 33.9 Å². The van der Waals surface area contributed by atoms with Crippen LogP contribution in [-0.4, -0.2) is 17.0 Å². The fourth-order valence-electron chi connectivity index (χ4n) is 0.998. The largest absolute Gasteiger partial charge is 0.497 e. The number of nitrogens with two attached hydrogens (primary N) is 1. The van der Waals surface area contributed by atoms with Gasteiger partial charge in [0, 0.05) is 0 Å². The zero-order valence-electron chi connectivity index (χ0n) is 7.39. The van der Waals surface area contributed by atoms with Gasteiger partial charge in [-0.05, 0) is 12.1 Å². The van der Waals surface area contributed by atoms with Gasteiger partial charge in [-0.25, -0.2) is 0 Å². The highest BCUT2D eigenvalue weighted by Gasteiger charge is 2.16. The number of nitro groups is 1. The van der Waals surface area contributed by atoms with E-state index in [1.165, 1.54) is 19.2 Å². The molecule has 14 heavy (non-hydrogen) atoms. The van der Waals surface area contributed by atoms with E-state index in [-0.39, 0.29) is 16.2 Å². The summed E-state index contributed by atoms with van der Waals surface area (Å²) in [6, 6.07) is 4.33. The maximum atomic E-state index is 10.6. The Morgan fingerprint density at radius 3 is 2.71 bits per heavy atom. The number of hydrogen-bond acceptors (Lipinski definition) is 4. The summed E-state index contributed by atoms with van der Waals surface area (Å²) in [5.74, 6) is 0.400. The first-order chi connectivity index (χ1) is 6.56. The fourth-order valence-corrected chi connectivity index (χ4v) is 1.17. The van der Waals surface area contributed by atoms with E-state index in [9.17, 15) is 10.1 Å². The minimum Gasteiger partial charge on any atom is -0.497 e. The second kappa shape index (κ2) is 4.01. The summed E-state index contributed by atoms with van der Waals surface area (Å²) in [6.45, 7) is 0. The molecule has 0 aliphatic rings. The molecule has 0 amide bonds. The van der Waals surface area contributed by atoms with E-state index >= 15 is 0 Å². The van der Waals surface area contributed by atoms with Gasteiger partial charge in [0.1, 0.15) is 10.7 Å². The van der Waals surface area contributed by atoms with Gasteiger partial charge in [0.2, 0.25) is 0 Å². The second-order valence-electron chi connectivity index (χ2n) is 2.50. The maximum absolute atomic E-state index is 10.6. The molecule has 0 heterocycles. The van der Waals surface area contributed by atoms with Crippen LogP contribution in [0.2, 0.25) is 0 Å². The second-order valence-corrected chi connectivity index (χ2v) is 2.94. The lowest BCUT2D eigenvalue weighted by atomic mass is 10.1. The minimum absolute atomic E-state index is 0.000599. The fraction of sp³-hybridized carbons (Fsp3) is 0.125. The Labute approximate surface area is 85.6 Å². The van der Waals surface area contributed by atoms with Crippen molar-refractivity contribution >= 4 is 22.9 Å². The average molecular weight is 212 g/mol. The molecule has 0 spiro atoms. The van der Waals surface area contributed by atoms with E-state index in [2.05, 4.69) is 12.2 Å². The molecule has 0 aromatic heterocycles. The summed E-state index contributed by atoms with van der Waals surface area (Å²) in [5, 5.41) is 10.6. The van der Waals surface area contributed by atoms with E-state index in [1.807, 2.05) is 0 Å². The van der Waals surface area contributed by atoms with Crippen LogP contribution in [0.5, 0.6) is 5.75 Å². The predicted octanol–water partition coefficient (Wildman–Crippen LogP) is 1.24. The molecule has 0 fully saturated rings. The summed E-state index contributed by atoms with van der Waals surface area (Å²) in [7, 11) is 1.43.